The van der Waals surface area contributed by atoms with Crippen molar-refractivity contribution in [3.8, 4) is 5.75 Å². The van der Waals surface area contributed by atoms with Gasteiger partial charge in [0.1, 0.15) is 5.82 Å². The number of nitrogens with two attached hydrogens (primary N) is 1. The van der Waals surface area contributed by atoms with Crippen LogP contribution in [0.3, 0.4) is 0 Å². The number of hydrogen-bond donors (Lipinski definition) is 2. The molecule has 0 fully saturated rings. The summed E-state index contributed by atoms with van der Waals surface area (Å²) < 4.78 is 29.8. The van der Waals surface area contributed by atoms with Gasteiger partial charge in [0, 0.05) is 16.6 Å². The highest BCUT2D eigenvalue weighted by molar-refractivity contribution is 6.05. The van der Waals surface area contributed by atoms with Crippen LogP contribution in [0.1, 0.15) is 53.7 Å². The summed E-state index contributed by atoms with van der Waals surface area (Å²) in [7, 11) is 0. The fourth-order valence-electron chi connectivity index (χ4n) is 3.76. The molecule has 0 saturated carbocycles. The van der Waals surface area contributed by atoms with Crippen LogP contribution in [0.2, 0.25) is 0 Å². The molecule has 1 unspecified atom stereocenters. The Labute approximate surface area is 166 Å². The molecular formula is C22H22F2N2O3. The van der Waals surface area contributed by atoms with Crippen molar-refractivity contribution in [3.05, 3.63) is 64.9 Å². The summed E-state index contributed by atoms with van der Waals surface area (Å²) >= 11 is 0. The average Bonchev–Trinajstić information content (AvgIpc) is 2.97. The highest BCUT2D eigenvalue weighted by Gasteiger charge is 2.30. The maximum Gasteiger partial charge on any atom is 0.262 e. The van der Waals surface area contributed by atoms with E-state index in [0.717, 1.165) is 18.6 Å². The van der Waals surface area contributed by atoms with Crippen molar-refractivity contribution in [2.24, 2.45) is 5.73 Å². The van der Waals surface area contributed by atoms with Crippen molar-refractivity contribution < 1.29 is 23.5 Å². The first-order valence-corrected chi connectivity index (χ1v) is 9.39. The van der Waals surface area contributed by atoms with E-state index in [4.69, 9.17) is 5.73 Å². The molecule has 7 heteroatoms. The van der Waals surface area contributed by atoms with Gasteiger partial charge < -0.3 is 10.8 Å². The molecule has 0 aliphatic heterocycles. The number of carbonyl (C=O) groups excluding carboxylic acids is 2. The molecule has 0 radical (unpaired) electrons. The summed E-state index contributed by atoms with van der Waals surface area (Å²) in [5.74, 6) is -4.12. The number of hydrogen-bond acceptors (Lipinski definition) is 3. The lowest BCUT2D eigenvalue weighted by Gasteiger charge is -2.15. The first kappa shape index (κ1) is 20.5. The second-order valence-corrected chi connectivity index (χ2v) is 7.04. The third-order valence-electron chi connectivity index (χ3n) is 5.15. The monoisotopic (exact) mass is 400 g/mol. The third-order valence-corrected chi connectivity index (χ3v) is 5.15. The summed E-state index contributed by atoms with van der Waals surface area (Å²) in [4.78, 5) is 25.3. The molecule has 152 valence electrons. The summed E-state index contributed by atoms with van der Waals surface area (Å²) in [6.45, 7) is 3.54. The Morgan fingerprint density at radius 1 is 1.21 bits per heavy atom. The highest BCUT2D eigenvalue weighted by Crippen LogP contribution is 2.38. The number of phenols is 1. The number of benzene rings is 2. The predicted octanol–water partition coefficient (Wildman–Crippen LogP) is 4.38. The van der Waals surface area contributed by atoms with Crippen LogP contribution in [0.5, 0.6) is 5.75 Å². The number of aromatic nitrogens is 1. The quantitative estimate of drug-likeness (QED) is 0.644. The Morgan fingerprint density at radius 3 is 2.55 bits per heavy atom. The lowest BCUT2D eigenvalue weighted by Crippen LogP contribution is -2.23. The lowest BCUT2D eigenvalue weighted by atomic mass is 9.90. The van der Waals surface area contributed by atoms with Crippen molar-refractivity contribution in [1.29, 1.82) is 0 Å². The van der Waals surface area contributed by atoms with Crippen LogP contribution in [-0.2, 0) is 4.79 Å². The minimum absolute atomic E-state index is 0.0212. The van der Waals surface area contributed by atoms with E-state index in [9.17, 15) is 23.5 Å². The van der Waals surface area contributed by atoms with Gasteiger partial charge in [0.15, 0.2) is 11.6 Å². The number of fused-ring (bicyclic) bond motifs is 1. The number of halogens is 2. The second-order valence-electron chi connectivity index (χ2n) is 7.04. The Balaban J connectivity index is 2.32. The molecule has 3 N–H and O–H groups in total. The van der Waals surface area contributed by atoms with Crippen LogP contribution in [-0.4, -0.2) is 21.5 Å². The van der Waals surface area contributed by atoms with E-state index >= 15 is 0 Å². The van der Waals surface area contributed by atoms with E-state index in [0.29, 0.717) is 18.5 Å². The standard InChI is InChI=1S/C22H22F2N2O3/c1-3-4-8-15(21(25)28)18-12(2)26(16-9-10-17(27)20(24)19(16)18)22(29)13-6-5-7-14(23)11-13/h5-7,9-11,15,27H,3-4,8H2,1-2H3,(H2,25,28). The van der Waals surface area contributed by atoms with Crippen molar-refractivity contribution >= 4 is 22.7 Å². The molecule has 0 saturated heterocycles. The summed E-state index contributed by atoms with van der Waals surface area (Å²) in [5, 5.41) is 9.87. The van der Waals surface area contributed by atoms with E-state index < -0.39 is 35.1 Å². The zero-order valence-electron chi connectivity index (χ0n) is 16.2. The Hall–Kier alpha value is -3.22. The Morgan fingerprint density at radius 2 is 1.93 bits per heavy atom. The number of aromatic hydroxyl groups is 1. The number of rotatable bonds is 6. The van der Waals surface area contributed by atoms with Gasteiger partial charge in [-0.2, -0.15) is 0 Å². The zero-order valence-corrected chi connectivity index (χ0v) is 16.2. The summed E-state index contributed by atoms with van der Waals surface area (Å²) in [6, 6.07) is 7.71. The van der Waals surface area contributed by atoms with Gasteiger partial charge in [-0.15, -0.1) is 0 Å². The van der Waals surface area contributed by atoms with E-state index in [2.05, 4.69) is 0 Å². The molecule has 2 aromatic carbocycles. The maximum absolute atomic E-state index is 14.9. The van der Waals surface area contributed by atoms with E-state index in [1.807, 2.05) is 6.92 Å². The van der Waals surface area contributed by atoms with Crippen LogP contribution in [0, 0.1) is 18.6 Å². The molecule has 0 aliphatic rings. The normalized spacial score (nSPS) is 12.3. The average molecular weight is 400 g/mol. The lowest BCUT2D eigenvalue weighted by molar-refractivity contribution is -0.119. The maximum atomic E-state index is 14.9. The van der Waals surface area contributed by atoms with Gasteiger partial charge in [0.05, 0.1) is 11.4 Å². The molecule has 29 heavy (non-hydrogen) atoms. The molecule has 1 amide bonds. The number of amides is 1. The third kappa shape index (κ3) is 3.60. The predicted molar refractivity (Wildman–Crippen MR) is 106 cm³/mol. The second kappa shape index (κ2) is 8.03. The number of phenolic OH excluding ortho intramolecular Hbond substituents is 1. The Kier molecular flexibility index (Phi) is 5.68. The molecular weight excluding hydrogens is 378 g/mol. The van der Waals surface area contributed by atoms with Crippen LogP contribution in [0.15, 0.2) is 36.4 Å². The summed E-state index contributed by atoms with van der Waals surface area (Å²) in [6.07, 6.45) is 1.87. The number of carbonyl (C=O) groups is 2. The van der Waals surface area contributed by atoms with E-state index in [1.165, 1.54) is 28.8 Å². The molecule has 1 aromatic heterocycles. The van der Waals surface area contributed by atoms with Crippen LogP contribution in [0.25, 0.3) is 10.9 Å². The molecule has 3 aromatic rings. The van der Waals surface area contributed by atoms with Gasteiger partial charge in [-0.25, -0.2) is 8.78 Å². The molecule has 1 heterocycles. The van der Waals surface area contributed by atoms with Crippen molar-refractivity contribution in [2.75, 3.05) is 0 Å². The van der Waals surface area contributed by atoms with Crippen LogP contribution in [0.4, 0.5) is 8.78 Å². The van der Waals surface area contributed by atoms with Gasteiger partial charge >= 0.3 is 0 Å². The molecule has 0 bridgehead atoms. The molecule has 5 nitrogen and oxygen atoms in total. The zero-order chi connectivity index (χ0) is 21.3. The number of primary amides is 1. The Bertz CT molecular complexity index is 1110. The fraction of sp³-hybridized carbons (Fsp3) is 0.273. The fourth-order valence-corrected chi connectivity index (χ4v) is 3.76. The van der Waals surface area contributed by atoms with Crippen molar-refractivity contribution in [2.45, 2.75) is 39.0 Å². The smallest absolute Gasteiger partial charge is 0.262 e. The first-order valence-electron chi connectivity index (χ1n) is 9.39. The van der Waals surface area contributed by atoms with E-state index in [1.54, 1.807) is 6.92 Å². The van der Waals surface area contributed by atoms with Gasteiger partial charge in [-0.1, -0.05) is 25.8 Å². The largest absolute Gasteiger partial charge is 0.505 e. The minimum atomic E-state index is -0.922. The number of unbranched alkanes of at least 4 members (excludes halogenated alkanes) is 1. The topological polar surface area (TPSA) is 85.3 Å². The van der Waals surface area contributed by atoms with Crippen LogP contribution < -0.4 is 5.73 Å². The van der Waals surface area contributed by atoms with Gasteiger partial charge in [0.2, 0.25) is 5.91 Å². The van der Waals surface area contributed by atoms with Crippen LogP contribution >= 0.6 is 0 Å². The van der Waals surface area contributed by atoms with Gasteiger partial charge in [-0.3, -0.25) is 14.2 Å². The SMILES string of the molecule is CCCCC(C(N)=O)c1c(C)n(C(=O)c2cccc(F)c2)c2ccc(O)c(F)c12. The van der Waals surface area contributed by atoms with Crippen molar-refractivity contribution in [3.63, 3.8) is 0 Å². The minimum Gasteiger partial charge on any atom is -0.505 e. The van der Waals surface area contributed by atoms with Gasteiger partial charge in [0.25, 0.3) is 5.91 Å². The molecule has 0 spiro atoms. The number of nitrogens with zero attached hydrogens (tertiary/aromatic N) is 1. The van der Waals surface area contributed by atoms with Crippen molar-refractivity contribution in [1.82, 2.24) is 4.57 Å². The van der Waals surface area contributed by atoms with E-state index in [-0.39, 0.29) is 22.0 Å². The molecule has 1 atom stereocenters. The first-order chi connectivity index (χ1) is 13.8. The molecule has 0 aliphatic carbocycles. The molecule has 3 rings (SSSR count). The highest BCUT2D eigenvalue weighted by atomic mass is 19.1. The van der Waals surface area contributed by atoms with Gasteiger partial charge in [-0.05, 0) is 49.2 Å². The summed E-state index contributed by atoms with van der Waals surface area (Å²) in [5.41, 5.74) is 6.48.